The van der Waals surface area contributed by atoms with Gasteiger partial charge in [-0.25, -0.2) is 17.9 Å². The Balaban J connectivity index is 2.16. The number of hydrogen-bond acceptors (Lipinski definition) is 3. The van der Waals surface area contributed by atoms with Gasteiger partial charge in [-0.3, -0.25) is 0 Å². The normalized spacial score (nSPS) is 11.0. The highest BCUT2D eigenvalue weighted by Gasteiger charge is 2.20. The maximum atomic E-state index is 12.1. The summed E-state index contributed by atoms with van der Waals surface area (Å²) in [5.41, 5.74) is 0.448. The molecule has 0 fully saturated rings. The van der Waals surface area contributed by atoms with E-state index in [2.05, 4.69) is 21.2 Å². The first-order valence-electron chi connectivity index (χ1n) is 5.73. The number of halogens is 2. The number of nitrogens with one attached hydrogen (secondary N) is 2. The minimum Gasteiger partial charge on any atom is -0.306 e. The van der Waals surface area contributed by atoms with Crippen LogP contribution in [0, 0.1) is 0 Å². The number of sulfonamides is 1. The van der Waals surface area contributed by atoms with Crippen LogP contribution < -0.4 is 10.0 Å². The Kier molecular flexibility index (Phi) is 4.87. The van der Waals surface area contributed by atoms with Gasteiger partial charge in [-0.15, -0.1) is 0 Å². The fraction of sp³-hybridized carbons (Fsp3) is 0. The van der Waals surface area contributed by atoms with Crippen molar-refractivity contribution in [3.63, 3.8) is 0 Å². The predicted molar refractivity (Wildman–Crippen MR) is 84.9 cm³/mol. The molecule has 0 bridgehead atoms. The van der Waals surface area contributed by atoms with E-state index in [9.17, 15) is 13.2 Å². The summed E-state index contributed by atoms with van der Waals surface area (Å²) < 4.78 is 26.7. The van der Waals surface area contributed by atoms with E-state index in [4.69, 9.17) is 11.6 Å². The first-order chi connectivity index (χ1) is 9.90. The average Bonchev–Trinajstić information content (AvgIpc) is 2.41. The number of hydrogen-bond donors (Lipinski definition) is 2. The molecule has 0 aliphatic rings. The lowest BCUT2D eigenvalue weighted by atomic mass is 10.3. The summed E-state index contributed by atoms with van der Waals surface area (Å²) >= 11 is 9.07. The third-order valence-corrected chi connectivity index (χ3v) is 5.00. The van der Waals surface area contributed by atoms with Gasteiger partial charge in [-0.2, -0.15) is 0 Å². The third-order valence-electron chi connectivity index (χ3n) is 2.48. The molecule has 0 heterocycles. The standard InChI is InChI=1S/C13H10BrClN2O3S/c14-9-5-1-3-7-11(9)16-13(18)17-21(19,20)12-8-4-2-6-10(12)15/h1-8H,(H2,16,17,18). The SMILES string of the molecule is O=C(Nc1ccccc1Br)NS(=O)(=O)c1ccccc1Cl. The van der Waals surface area contributed by atoms with Gasteiger partial charge in [0.1, 0.15) is 4.90 Å². The molecule has 0 aliphatic carbocycles. The van der Waals surface area contributed by atoms with Crippen LogP contribution in [0.5, 0.6) is 0 Å². The van der Waals surface area contributed by atoms with Crippen molar-refractivity contribution in [2.75, 3.05) is 5.32 Å². The maximum absolute atomic E-state index is 12.1. The molecule has 0 aromatic heterocycles. The average molecular weight is 390 g/mol. The summed E-state index contributed by atoms with van der Waals surface area (Å²) in [6.45, 7) is 0. The number of rotatable bonds is 3. The number of para-hydroxylation sites is 1. The van der Waals surface area contributed by atoms with Crippen LogP contribution in [0.15, 0.2) is 57.9 Å². The highest BCUT2D eigenvalue weighted by atomic mass is 79.9. The molecule has 2 amide bonds. The number of carbonyl (C=O) groups is 1. The summed E-state index contributed by atoms with van der Waals surface area (Å²) in [6.07, 6.45) is 0. The zero-order valence-corrected chi connectivity index (χ0v) is 13.7. The molecule has 0 saturated carbocycles. The van der Waals surface area contributed by atoms with Crippen LogP contribution in [0.3, 0.4) is 0 Å². The molecule has 2 aromatic carbocycles. The topological polar surface area (TPSA) is 75.3 Å². The van der Waals surface area contributed by atoms with Crippen LogP contribution in [0.4, 0.5) is 10.5 Å². The molecule has 2 rings (SSSR count). The van der Waals surface area contributed by atoms with Gasteiger partial charge in [0.05, 0.1) is 10.7 Å². The molecular formula is C13H10BrClN2O3S. The molecule has 0 unspecified atom stereocenters. The van der Waals surface area contributed by atoms with Gasteiger partial charge in [0.25, 0.3) is 10.0 Å². The molecule has 0 saturated heterocycles. The van der Waals surface area contributed by atoms with Crippen molar-refractivity contribution in [1.29, 1.82) is 0 Å². The van der Waals surface area contributed by atoms with E-state index >= 15 is 0 Å². The van der Waals surface area contributed by atoms with Crippen LogP contribution >= 0.6 is 27.5 Å². The molecule has 21 heavy (non-hydrogen) atoms. The second-order valence-electron chi connectivity index (χ2n) is 3.97. The van der Waals surface area contributed by atoms with E-state index < -0.39 is 16.1 Å². The Morgan fingerprint density at radius 3 is 2.33 bits per heavy atom. The lowest BCUT2D eigenvalue weighted by molar-refractivity contribution is 0.256. The van der Waals surface area contributed by atoms with Gasteiger partial charge in [-0.05, 0) is 40.2 Å². The van der Waals surface area contributed by atoms with Crippen molar-refractivity contribution in [1.82, 2.24) is 4.72 Å². The molecular weight excluding hydrogens is 380 g/mol. The Bertz CT molecular complexity index is 780. The molecule has 0 atom stereocenters. The Hall–Kier alpha value is -1.57. The minimum atomic E-state index is -4.03. The Morgan fingerprint density at radius 2 is 1.67 bits per heavy atom. The van der Waals surface area contributed by atoms with Gasteiger partial charge in [0.2, 0.25) is 0 Å². The first kappa shape index (κ1) is 15.8. The number of benzene rings is 2. The van der Waals surface area contributed by atoms with Gasteiger partial charge < -0.3 is 5.32 Å². The smallest absolute Gasteiger partial charge is 0.306 e. The lowest BCUT2D eigenvalue weighted by Crippen LogP contribution is -2.34. The zero-order valence-electron chi connectivity index (χ0n) is 10.5. The fourth-order valence-electron chi connectivity index (χ4n) is 1.55. The second kappa shape index (κ2) is 6.46. The highest BCUT2D eigenvalue weighted by molar-refractivity contribution is 9.10. The monoisotopic (exact) mass is 388 g/mol. The van der Waals surface area contributed by atoms with E-state index in [0.29, 0.717) is 10.2 Å². The molecule has 0 spiro atoms. The van der Waals surface area contributed by atoms with Gasteiger partial charge in [0.15, 0.2) is 0 Å². The molecule has 5 nitrogen and oxygen atoms in total. The molecule has 0 aliphatic heterocycles. The third kappa shape index (κ3) is 3.96. The van der Waals surface area contributed by atoms with Crippen molar-refractivity contribution in [3.8, 4) is 0 Å². The van der Waals surface area contributed by atoms with Crippen molar-refractivity contribution in [2.24, 2.45) is 0 Å². The number of amides is 2. The lowest BCUT2D eigenvalue weighted by Gasteiger charge is -2.10. The quantitative estimate of drug-likeness (QED) is 0.842. The van der Waals surface area contributed by atoms with E-state index in [0.717, 1.165) is 0 Å². The largest absolute Gasteiger partial charge is 0.333 e. The first-order valence-corrected chi connectivity index (χ1v) is 8.38. The summed E-state index contributed by atoms with van der Waals surface area (Å²) in [7, 11) is -4.03. The molecule has 110 valence electrons. The van der Waals surface area contributed by atoms with Crippen LogP contribution in [0.1, 0.15) is 0 Å². The Labute approximate surface area is 135 Å². The van der Waals surface area contributed by atoms with Crippen LogP contribution in [-0.4, -0.2) is 14.4 Å². The van der Waals surface area contributed by atoms with Crippen molar-refractivity contribution < 1.29 is 13.2 Å². The van der Waals surface area contributed by atoms with E-state index in [1.165, 1.54) is 18.2 Å². The summed E-state index contributed by atoms with van der Waals surface area (Å²) in [5, 5.41) is 2.48. The van der Waals surface area contributed by atoms with Crippen LogP contribution in [0.2, 0.25) is 5.02 Å². The van der Waals surface area contributed by atoms with Gasteiger partial charge in [0, 0.05) is 4.47 Å². The number of anilines is 1. The fourth-order valence-corrected chi connectivity index (χ4v) is 3.36. The van der Waals surface area contributed by atoms with E-state index in [1.54, 1.807) is 30.3 Å². The van der Waals surface area contributed by atoms with Crippen LogP contribution in [-0.2, 0) is 10.0 Å². The molecule has 2 aromatic rings. The molecule has 2 N–H and O–H groups in total. The summed E-state index contributed by atoms with van der Waals surface area (Å²) in [4.78, 5) is 11.6. The molecule has 0 radical (unpaired) electrons. The summed E-state index contributed by atoms with van der Waals surface area (Å²) in [5.74, 6) is 0. The van der Waals surface area contributed by atoms with E-state index in [1.807, 2.05) is 4.72 Å². The number of urea groups is 1. The van der Waals surface area contributed by atoms with Crippen molar-refractivity contribution >= 4 is 49.3 Å². The van der Waals surface area contributed by atoms with Crippen molar-refractivity contribution in [3.05, 3.63) is 58.0 Å². The van der Waals surface area contributed by atoms with Crippen molar-refractivity contribution in [2.45, 2.75) is 4.90 Å². The number of carbonyl (C=O) groups excluding carboxylic acids is 1. The second-order valence-corrected chi connectivity index (χ2v) is 6.88. The van der Waals surface area contributed by atoms with Gasteiger partial charge in [-0.1, -0.05) is 35.9 Å². The highest BCUT2D eigenvalue weighted by Crippen LogP contribution is 2.22. The van der Waals surface area contributed by atoms with Crippen LogP contribution in [0.25, 0.3) is 0 Å². The maximum Gasteiger partial charge on any atom is 0.333 e. The summed E-state index contributed by atoms with van der Waals surface area (Å²) in [6, 6.07) is 11.8. The Morgan fingerprint density at radius 1 is 1.05 bits per heavy atom. The van der Waals surface area contributed by atoms with E-state index in [-0.39, 0.29) is 9.92 Å². The van der Waals surface area contributed by atoms with Gasteiger partial charge >= 0.3 is 6.03 Å². The minimum absolute atomic E-state index is 0.0405. The molecule has 8 heteroatoms. The predicted octanol–water partition coefficient (Wildman–Crippen LogP) is 3.61. The zero-order chi connectivity index (χ0) is 15.5.